The molecule has 0 amide bonds. The second-order valence-electron chi connectivity index (χ2n) is 5.57. The Labute approximate surface area is 152 Å². The van der Waals surface area contributed by atoms with Gasteiger partial charge in [0.25, 0.3) is 0 Å². The van der Waals surface area contributed by atoms with Crippen molar-refractivity contribution in [2.45, 2.75) is 19.1 Å². The Hall–Kier alpha value is -2.68. The van der Waals surface area contributed by atoms with Crippen LogP contribution in [0.5, 0.6) is 5.75 Å². The molecule has 2 heterocycles. The average Bonchev–Trinajstić information content (AvgIpc) is 2.97. The van der Waals surface area contributed by atoms with E-state index in [4.69, 9.17) is 17.0 Å². The minimum Gasteiger partial charge on any atom is -0.496 e. The van der Waals surface area contributed by atoms with Crippen molar-refractivity contribution in [3.63, 3.8) is 0 Å². The van der Waals surface area contributed by atoms with E-state index < -0.39 is 12.7 Å². The molecule has 0 aliphatic heterocycles. The molecular weight excluding hydrogens is 365 g/mol. The first-order valence-electron chi connectivity index (χ1n) is 7.65. The fraction of sp³-hybridized carbons (Fsp3) is 0.235. The Morgan fingerprint density at radius 2 is 2.12 bits per heavy atom. The number of imidazole rings is 1. The number of fused-ring (bicyclic) bond motifs is 1. The highest BCUT2D eigenvalue weighted by molar-refractivity contribution is 7.80. The van der Waals surface area contributed by atoms with Crippen LogP contribution in [-0.2, 0) is 13.0 Å². The van der Waals surface area contributed by atoms with Gasteiger partial charge in [0.2, 0.25) is 0 Å². The Morgan fingerprint density at radius 3 is 2.85 bits per heavy atom. The Balaban J connectivity index is 1.86. The van der Waals surface area contributed by atoms with Gasteiger partial charge < -0.3 is 14.6 Å². The first-order chi connectivity index (χ1) is 12.4. The van der Waals surface area contributed by atoms with Gasteiger partial charge in [-0.1, -0.05) is 18.3 Å². The second-order valence-corrected chi connectivity index (χ2v) is 6.07. The van der Waals surface area contributed by atoms with E-state index in [0.717, 1.165) is 10.1 Å². The lowest BCUT2D eigenvalue weighted by molar-refractivity contribution is -0.139. The lowest BCUT2D eigenvalue weighted by atomic mass is 10.2. The molecule has 0 bridgehead atoms. The number of benzene rings is 1. The van der Waals surface area contributed by atoms with Crippen LogP contribution in [0.15, 0.2) is 43.0 Å². The van der Waals surface area contributed by atoms with E-state index in [1.54, 1.807) is 43.8 Å². The number of hydrogen-bond acceptors (Lipinski definition) is 4. The topological polar surface area (TPSA) is 52.0 Å². The number of nitrogens with one attached hydrogen (secondary N) is 1. The molecule has 0 radical (unpaired) electrons. The van der Waals surface area contributed by atoms with Gasteiger partial charge in [0.15, 0.2) is 0 Å². The monoisotopic (exact) mass is 380 g/mol. The minimum atomic E-state index is -4.34. The highest BCUT2D eigenvalue weighted by Gasteiger charge is 2.29. The highest BCUT2D eigenvalue weighted by Crippen LogP contribution is 2.27. The third kappa shape index (κ3) is 4.10. The predicted octanol–water partition coefficient (Wildman–Crippen LogP) is 3.98. The molecule has 1 N–H and O–H groups in total. The number of methoxy groups -OCH3 is 1. The van der Waals surface area contributed by atoms with Gasteiger partial charge in [-0.3, -0.25) is 4.98 Å². The summed E-state index contributed by atoms with van der Waals surface area (Å²) in [5.41, 5.74) is 2.06. The van der Waals surface area contributed by atoms with Gasteiger partial charge in [-0.15, -0.1) is 0 Å². The number of nitrogens with zero attached hydrogens (tertiary/aromatic N) is 3. The SMILES string of the molecule is COc1ccncc1CC(=S)Nc1cccc2ncn(CC(F)(F)F)c12. The van der Waals surface area contributed by atoms with Crippen molar-refractivity contribution in [2.75, 3.05) is 12.4 Å². The first kappa shape index (κ1) is 18.1. The molecule has 5 nitrogen and oxygen atoms in total. The molecule has 136 valence electrons. The summed E-state index contributed by atoms with van der Waals surface area (Å²) in [6.07, 6.45) is 0.424. The molecule has 9 heteroatoms. The maximum atomic E-state index is 12.8. The van der Waals surface area contributed by atoms with Crippen molar-refractivity contribution in [1.29, 1.82) is 0 Å². The van der Waals surface area contributed by atoms with Crippen molar-refractivity contribution in [2.24, 2.45) is 0 Å². The van der Waals surface area contributed by atoms with E-state index >= 15 is 0 Å². The van der Waals surface area contributed by atoms with Gasteiger partial charge in [-0.25, -0.2) is 4.98 Å². The Bertz CT molecular complexity index is 939. The molecule has 3 rings (SSSR count). The summed E-state index contributed by atoms with van der Waals surface area (Å²) in [5, 5.41) is 3.02. The summed E-state index contributed by atoms with van der Waals surface area (Å²) in [6, 6.07) is 6.75. The zero-order valence-electron chi connectivity index (χ0n) is 13.7. The lowest BCUT2D eigenvalue weighted by Gasteiger charge is -2.14. The van der Waals surface area contributed by atoms with Crippen molar-refractivity contribution < 1.29 is 17.9 Å². The van der Waals surface area contributed by atoms with E-state index in [2.05, 4.69) is 15.3 Å². The number of para-hydroxylation sites is 1. The molecule has 3 aromatic rings. The number of aromatic nitrogens is 3. The molecule has 0 spiro atoms. The summed E-state index contributed by atoms with van der Waals surface area (Å²) in [6.45, 7) is -1.12. The molecule has 0 unspecified atom stereocenters. The number of alkyl halides is 3. The Kier molecular flexibility index (Phi) is 5.08. The second kappa shape index (κ2) is 7.28. The normalized spacial score (nSPS) is 11.5. The van der Waals surface area contributed by atoms with E-state index in [-0.39, 0.29) is 0 Å². The van der Waals surface area contributed by atoms with Crippen LogP contribution in [0.25, 0.3) is 11.0 Å². The maximum Gasteiger partial charge on any atom is 0.406 e. The van der Waals surface area contributed by atoms with Crippen LogP contribution in [0.3, 0.4) is 0 Å². The van der Waals surface area contributed by atoms with E-state index in [1.807, 2.05) is 0 Å². The molecule has 0 saturated carbocycles. The smallest absolute Gasteiger partial charge is 0.406 e. The maximum absolute atomic E-state index is 12.8. The summed E-state index contributed by atoms with van der Waals surface area (Å²) >= 11 is 5.37. The van der Waals surface area contributed by atoms with Gasteiger partial charge in [0.1, 0.15) is 12.3 Å². The van der Waals surface area contributed by atoms with Crippen LogP contribution in [0, 0.1) is 0 Å². The standard InChI is InChI=1S/C17H15F3N4OS/c1-25-14-5-6-21-8-11(14)7-15(26)23-13-4-2-3-12-16(13)24(10-22-12)9-17(18,19)20/h2-6,8,10H,7,9H2,1H3,(H,23,26). The number of thiocarbonyl (C=S) groups is 1. The largest absolute Gasteiger partial charge is 0.496 e. The Morgan fingerprint density at radius 1 is 1.31 bits per heavy atom. The van der Waals surface area contributed by atoms with Crippen molar-refractivity contribution in [3.8, 4) is 5.75 Å². The highest BCUT2D eigenvalue weighted by atomic mass is 32.1. The summed E-state index contributed by atoms with van der Waals surface area (Å²) in [5.74, 6) is 0.643. The van der Waals surface area contributed by atoms with Gasteiger partial charge in [0, 0.05) is 24.4 Å². The predicted molar refractivity (Wildman–Crippen MR) is 96.5 cm³/mol. The van der Waals surface area contributed by atoms with Crippen LogP contribution in [0.4, 0.5) is 18.9 Å². The number of ether oxygens (including phenoxy) is 1. The third-order valence-electron chi connectivity index (χ3n) is 3.69. The van der Waals surface area contributed by atoms with Gasteiger partial charge in [-0.05, 0) is 18.2 Å². The molecule has 0 atom stereocenters. The molecule has 0 aliphatic rings. The van der Waals surface area contributed by atoms with Crippen molar-refractivity contribution in [3.05, 3.63) is 48.5 Å². The number of hydrogen-bond donors (Lipinski definition) is 1. The molecular formula is C17H15F3N4OS. The van der Waals surface area contributed by atoms with Gasteiger partial charge >= 0.3 is 6.18 Å². The van der Waals surface area contributed by atoms with E-state index in [0.29, 0.717) is 33.9 Å². The first-order valence-corrected chi connectivity index (χ1v) is 8.05. The fourth-order valence-electron chi connectivity index (χ4n) is 2.65. The van der Waals surface area contributed by atoms with Crippen LogP contribution < -0.4 is 10.1 Å². The average molecular weight is 380 g/mol. The van der Waals surface area contributed by atoms with Crippen molar-refractivity contribution >= 4 is 33.9 Å². The number of anilines is 1. The van der Waals surface area contributed by atoms with Gasteiger partial charge in [-0.2, -0.15) is 13.2 Å². The fourth-order valence-corrected chi connectivity index (χ4v) is 2.92. The third-order valence-corrected chi connectivity index (χ3v) is 3.94. The van der Waals surface area contributed by atoms with E-state index in [9.17, 15) is 13.2 Å². The zero-order chi connectivity index (χ0) is 18.7. The molecule has 0 saturated heterocycles. The van der Waals surface area contributed by atoms with E-state index in [1.165, 1.54) is 6.33 Å². The molecule has 0 aliphatic carbocycles. The zero-order valence-corrected chi connectivity index (χ0v) is 14.6. The summed E-state index contributed by atoms with van der Waals surface area (Å²) in [4.78, 5) is 8.51. The number of halogens is 3. The molecule has 0 fully saturated rings. The quantitative estimate of drug-likeness (QED) is 0.679. The number of pyridine rings is 1. The van der Waals surface area contributed by atoms with Gasteiger partial charge in [0.05, 0.1) is 35.1 Å². The lowest BCUT2D eigenvalue weighted by Crippen LogP contribution is -2.18. The molecule has 26 heavy (non-hydrogen) atoms. The van der Waals surface area contributed by atoms with Crippen LogP contribution in [0.2, 0.25) is 0 Å². The van der Waals surface area contributed by atoms with Crippen LogP contribution >= 0.6 is 12.2 Å². The number of rotatable bonds is 5. The van der Waals surface area contributed by atoms with Crippen LogP contribution in [0.1, 0.15) is 5.56 Å². The molecule has 1 aromatic carbocycles. The summed E-state index contributed by atoms with van der Waals surface area (Å²) in [7, 11) is 1.55. The minimum absolute atomic E-state index is 0.343. The van der Waals surface area contributed by atoms with Crippen molar-refractivity contribution in [1.82, 2.24) is 14.5 Å². The molecule has 2 aromatic heterocycles. The van der Waals surface area contributed by atoms with Crippen LogP contribution in [-0.4, -0.2) is 32.8 Å². The summed E-state index contributed by atoms with van der Waals surface area (Å²) < 4.78 is 44.7.